The molecule has 0 heterocycles. The molecule has 0 atom stereocenters. The zero-order valence-corrected chi connectivity index (χ0v) is 10.7. The van der Waals surface area contributed by atoms with Crippen LogP contribution in [-0.2, 0) is 6.61 Å². The van der Waals surface area contributed by atoms with Crippen LogP contribution < -0.4 is 4.74 Å². The molecule has 82 valence electrons. The Kier molecular flexibility index (Phi) is 3.62. The number of rotatable bonds is 3. The van der Waals surface area contributed by atoms with E-state index >= 15 is 0 Å². The first kappa shape index (κ1) is 11.2. The van der Waals surface area contributed by atoms with Gasteiger partial charge in [0.15, 0.2) is 0 Å². The summed E-state index contributed by atoms with van der Waals surface area (Å²) in [7, 11) is 0. The highest BCUT2D eigenvalue weighted by molar-refractivity contribution is 9.10. The van der Waals surface area contributed by atoms with Crippen molar-refractivity contribution in [1.82, 2.24) is 0 Å². The minimum absolute atomic E-state index is 0.600. The molecule has 1 nitrogen and oxygen atoms in total. The lowest BCUT2D eigenvalue weighted by molar-refractivity contribution is 0.306. The fraction of sp³-hybridized carbons (Fsp3) is 0.143. The van der Waals surface area contributed by atoms with Gasteiger partial charge in [0.1, 0.15) is 12.4 Å². The van der Waals surface area contributed by atoms with E-state index in [1.54, 1.807) is 0 Å². The van der Waals surface area contributed by atoms with Gasteiger partial charge in [0.25, 0.3) is 0 Å². The zero-order valence-electron chi connectivity index (χ0n) is 9.11. The second kappa shape index (κ2) is 5.17. The van der Waals surface area contributed by atoms with Crippen molar-refractivity contribution in [1.29, 1.82) is 0 Å². The monoisotopic (exact) mass is 276 g/mol. The normalized spacial score (nSPS) is 10.1. The van der Waals surface area contributed by atoms with E-state index in [1.807, 2.05) is 24.3 Å². The quantitative estimate of drug-likeness (QED) is 0.811. The number of ether oxygens (including phenoxy) is 1. The van der Waals surface area contributed by atoms with Gasteiger partial charge in [-0.05, 0) is 36.8 Å². The van der Waals surface area contributed by atoms with Gasteiger partial charge in [0.05, 0.1) is 0 Å². The standard InChI is InChI=1S/C14H13BrO/c1-11-5-7-14(8-6-11)16-10-12-3-2-4-13(15)9-12/h2-9H,10H2,1H3. The van der Waals surface area contributed by atoms with Crippen LogP contribution >= 0.6 is 15.9 Å². The molecule has 2 rings (SSSR count). The van der Waals surface area contributed by atoms with Crippen LogP contribution in [0.4, 0.5) is 0 Å². The average Bonchev–Trinajstić information content (AvgIpc) is 2.28. The van der Waals surface area contributed by atoms with Crippen LogP contribution in [0.3, 0.4) is 0 Å². The molecule has 2 aromatic carbocycles. The molecule has 0 aliphatic heterocycles. The van der Waals surface area contributed by atoms with E-state index in [-0.39, 0.29) is 0 Å². The maximum atomic E-state index is 5.68. The molecule has 2 heteroatoms. The van der Waals surface area contributed by atoms with E-state index in [4.69, 9.17) is 4.74 Å². The topological polar surface area (TPSA) is 9.23 Å². The third kappa shape index (κ3) is 3.11. The van der Waals surface area contributed by atoms with Crippen molar-refractivity contribution in [2.75, 3.05) is 0 Å². The Labute approximate surface area is 104 Å². The first-order valence-corrected chi connectivity index (χ1v) is 5.97. The molecule has 0 aliphatic rings. The van der Waals surface area contributed by atoms with E-state index in [9.17, 15) is 0 Å². The maximum Gasteiger partial charge on any atom is 0.119 e. The predicted molar refractivity (Wildman–Crippen MR) is 69.7 cm³/mol. The van der Waals surface area contributed by atoms with Crippen molar-refractivity contribution < 1.29 is 4.74 Å². The fourth-order valence-electron chi connectivity index (χ4n) is 1.43. The molecule has 0 radical (unpaired) electrons. The van der Waals surface area contributed by atoms with Gasteiger partial charge in [0, 0.05) is 4.47 Å². The summed E-state index contributed by atoms with van der Waals surface area (Å²) in [6.45, 7) is 2.67. The number of benzene rings is 2. The van der Waals surface area contributed by atoms with Crippen LogP contribution in [-0.4, -0.2) is 0 Å². The molecule has 0 bridgehead atoms. The van der Waals surface area contributed by atoms with Crippen molar-refractivity contribution in [2.45, 2.75) is 13.5 Å². The van der Waals surface area contributed by atoms with Crippen molar-refractivity contribution in [3.8, 4) is 5.75 Å². The summed E-state index contributed by atoms with van der Waals surface area (Å²) in [5.74, 6) is 0.908. The van der Waals surface area contributed by atoms with Crippen LogP contribution in [0.25, 0.3) is 0 Å². The Morgan fingerprint density at radius 3 is 2.50 bits per heavy atom. The first-order valence-electron chi connectivity index (χ1n) is 5.18. The third-order valence-electron chi connectivity index (χ3n) is 2.32. The molecule has 0 spiro atoms. The summed E-state index contributed by atoms with van der Waals surface area (Å²) in [6.07, 6.45) is 0. The lowest BCUT2D eigenvalue weighted by Crippen LogP contribution is -1.94. The van der Waals surface area contributed by atoms with E-state index < -0.39 is 0 Å². The largest absolute Gasteiger partial charge is 0.489 e. The van der Waals surface area contributed by atoms with E-state index in [2.05, 4.69) is 47.1 Å². The zero-order chi connectivity index (χ0) is 11.4. The van der Waals surface area contributed by atoms with Gasteiger partial charge in [-0.25, -0.2) is 0 Å². The second-order valence-electron chi connectivity index (χ2n) is 3.73. The molecule has 0 amide bonds. The molecule has 0 saturated heterocycles. The minimum Gasteiger partial charge on any atom is -0.489 e. The lowest BCUT2D eigenvalue weighted by atomic mass is 10.2. The Morgan fingerprint density at radius 1 is 1.06 bits per heavy atom. The van der Waals surface area contributed by atoms with Gasteiger partial charge in [0.2, 0.25) is 0 Å². The minimum atomic E-state index is 0.600. The molecule has 0 aromatic heterocycles. The summed E-state index contributed by atoms with van der Waals surface area (Å²) in [5.41, 5.74) is 2.41. The molecule has 0 fully saturated rings. The van der Waals surface area contributed by atoms with Gasteiger partial charge >= 0.3 is 0 Å². The van der Waals surface area contributed by atoms with Crippen LogP contribution in [0.5, 0.6) is 5.75 Å². The first-order chi connectivity index (χ1) is 7.74. The Balaban J connectivity index is 1.99. The van der Waals surface area contributed by atoms with Crippen LogP contribution in [0.2, 0.25) is 0 Å². The molecule has 0 unspecified atom stereocenters. The maximum absolute atomic E-state index is 5.68. The molecular weight excluding hydrogens is 264 g/mol. The third-order valence-corrected chi connectivity index (χ3v) is 2.81. The number of halogens is 1. The second-order valence-corrected chi connectivity index (χ2v) is 4.65. The van der Waals surface area contributed by atoms with Crippen LogP contribution in [0.15, 0.2) is 53.0 Å². The summed E-state index contributed by atoms with van der Waals surface area (Å²) >= 11 is 3.44. The summed E-state index contributed by atoms with van der Waals surface area (Å²) in [5, 5.41) is 0. The smallest absolute Gasteiger partial charge is 0.119 e. The fourth-order valence-corrected chi connectivity index (χ4v) is 1.87. The number of hydrogen-bond donors (Lipinski definition) is 0. The predicted octanol–water partition coefficient (Wildman–Crippen LogP) is 4.34. The highest BCUT2D eigenvalue weighted by atomic mass is 79.9. The van der Waals surface area contributed by atoms with Crippen molar-refractivity contribution in [3.63, 3.8) is 0 Å². The van der Waals surface area contributed by atoms with Gasteiger partial charge < -0.3 is 4.74 Å². The van der Waals surface area contributed by atoms with Gasteiger partial charge in [-0.1, -0.05) is 45.8 Å². The molecule has 0 aliphatic carbocycles. The van der Waals surface area contributed by atoms with E-state index in [0.717, 1.165) is 15.8 Å². The molecule has 0 saturated carbocycles. The van der Waals surface area contributed by atoms with Crippen molar-refractivity contribution >= 4 is 15.9 Å². The number of hydrogen-bond acceptors (Lipinski definition) is 1. The van der Waals surface area contributed by atoms with Crippen molar-refractivity contribution in [3.05, 3.63) is 64.1 Å². The van der Waals surface area contributed by atoms with Crippen LogP contribution in [0.1, 0.15) is 11.1 Å². The highest BCUT2D eigenvalue weighted by Crippen LogP contribution is 2.16. The SMILES string of the molecule is Cc1ccc(OCc2cccc(Br)c2)cc1. The van der Waals surface area contributed by atoms with Gasteiger partial charge in [-0.15, -0.1) is 0 Å². The van der Waals surface area contributed by atoms with Crippen molar-refractivity contribution in [2.24, 2.45) is 0 Å². The molecule has 0 N–H and O–H groups in total. The molecule has 2 aromatic rings. The summed E-state index contributed by atoms with van der Waals surface area (Å²) in [4.78, 5) is 0. The van der Waals surface area contributed by atoms with Gasteiger partial charge in [-0.2, -0.15) is 0 Å². The Bertz CT molecular complexity index is 462. The van der Waals surface area contributed by atoms with Gasteiger partial charge in [-0.3, -0.25) is 0 Å². The average molecular weight is 277 g/mol. The van der Waals surface area contributed by atoms with Crippen LogP contribution in [0, 0.1) is 6.92 Å². The Morgan fingerprint density at radius 2 is 1.81 bits per heavy atom. The number of aryl methyl sites for hydroxylation is 1. The van der Waals surface area contributed by atoms with E-state index in [0.29, 0.717) is 6.61 Å². The van der Waals surface area contributed by atoms with E-state index in [1.165, 1.54) is 5.56 Å². The summed E-state index contributed by atoms with van der Waals surface area (Å²) in [6, 6.07) is 16.2. The highest BCUT2D eigenvalue weighted by Gasteiger charge is 1.96. The molecule has 16 heavy (non-hydrogen) atoms. The molecular formula is C14H13BrO. The Hall–Kier alpha value is -1.28. The summed E-state index contributed by atoms with van der Waals surface area (Å²) < 4.78 is 6.76. The lowest BCUT2D eigenvalue weighted by Gasteiger charge is -2.06.